The van der Waals surface area contributed by atoms with E-state index in [9.17, 15) is 21.9 Å². The van der Waals surface area contributed by atoms with Crippen LogP contribution in [-0.2, 0) is 26.5 Å². The number of anilines is 1. The summed E-state index contributed by atoms with van der Waals surface area (Å²) in [5, 5.41) is 17.1. The second-order valence-corrected chi connectivity index (χ2v) is 10.6. The van der Waals surface area contributed by atoms with E-state index < -0.39 is 19.9 Å². The summed E-state index contributed by atoms with van der Waals surface area (Å²) in [5.74, 6) is 0. The van der Waals surface area contributed by atoms with E-state index in [1.54, 1.807) is 30.3 Å². The number of aromatic nitrogens is 2. The fourth-order valence-corrected chi connectivity index (χ4v) is 5.93. The minimum absolute atomic E-state index is 0.0670. The monoisotopic (exact) mass is 457 g/mol. The molecule has 0 bridgehead atoms. The first-order valence-electron chi connectivity index (χ1n) is 9.19. The lowest BCUT2D eigenvalue weighted by molar-refractivity contribution is 0.282. The zero-order chi connectivity index (χ0) is 22.2. The summed E-state index contributed by atoms with van der Waals surface area (Å²) < 4.78 is 52.4. The van der Waals surface area contributed by atoms with E-state index in [1.165, 1.54) is 24.3 Å². The van der Waals surface area contributed by atoms with Gasteiger partial charge in [-0.05, 0) is 35.9 Å². The molecule has 0 fully saturated rings. The first-order valence-corrected chi connectivity index (χ1v) is 12.6. The summed E-state index contributed by atoms with van der Waals surface area (Å²) in [6, 6.07) is 17.6. The maximum atomic E-state index is 12.9. The van der Waals surface area contributed by atoms with Gasteiger partial charge in [0.1, 0.15) is 4.90 Å². The molecule has 0 saturated heterocycles. The normalized spacial score (nSPS) is 12.2. The van der Waals surface area contributed by atoms with Crippen molar-refractivity contribution >= 4 is 36.5 Å². The van der Waals surface area contributed by atoms with Gasteiger partial charge in [-0.1, -0.05) is 36.4 Å². The molecule has 0 spiro atoms. The zero-order valence-electron chi connectivity index (χ0n) is 16.4. The van der Waals surface area contributed by atoms with Crippen LogP contribution in [0.15, 0.2) is 76.5 Å². The Kier molecular flexibility index (Phi) is 5.29. The fraction of sp³-hybridized carbons (Fsp3) is 0.0952. The third-order valence-electron chi connectivity index (χ3n) is 4.76. The van der Waals surface area contributed by atoms with Gasteiger partial charge in [0.2, 0.25) is 0 Å². The summed E-state index contributed by atoms with van der Waals surface area (Å²) >= 11 is 0. The van der Waals surface area contributed by atoms with E-state index in [2.05, 4.69) is 14.9 Å². The molecule has 8 nitrogen and oxygen atoms in total. The highest BCUT2D eigenvalue weighted by molar-refractivity contribution is 7.95. The van der Waals surface area contributed by atoms with Crippen LogP contribution in [0.4, 0.5) is 5.69 Å². The number of hydrogen-bond donors (Lipinski definition) is 3. The van der Waals surface area contributed by atoms with Gasteiger partial charge in [0, 0.05) is 22.9 Å². The molecule has 0 atom stereocenters. The number of sulfonamides is 1. The number of hydrogen-bond acceptors (Lipinski definition) is 6. The summed E-state index contributed by atoms with van der Waals surface area (Å²) in [7, 11) is -7.89. The predicted octanol–water partition coefficient (Wildman–Crippen LogP) is 2.93. The molecule has 1 aromatic heterocycles. The van der Waals surface area contributed by atoms with Crippen LogP contribution >= 0.6 is 0 Å². The average molecular weight is 458 g/mol. The summed E-state index contributed by atoms with van der Waals surface area (Å²) in [6.45, 7) is -0.0670. The Morgan fingerprint density at radius 3 is 2.26 bits per heavy atom. The topological polar surface area (TPSA) is 129 Å². The van der Waals surface area contributed by atoms with Gasteiger partial charge < -0.3 is 5.11 Å². The Balaban J connectivity index is 1.74. The Morgan fingerprint density at radius 1 is 0.935 bits per heavy atom. The van der Waals surface area contributed by atoms with Crippen LogP contribution in [0, 0.1) is 0 Å². The van der Waals surface area contributed by atoms with Crippen LogP contribution < -0.4 is 4.72 Å². The number of nitrogens with zero attached hydrogens (tertiary/aromatic N) is 1. The van der Waals surface area contributed by atoms with Crippen molar-refractivity contribution in [3.05, 3.63) is 72.3 Å². The minimum atomic E-state index is -4.15. The van der Waals surface area contributed by atoms with Crippen LogP contribution in [0.25, 0.3) is 22.2 Å². The molecule has 31 heavy (non-hydrogen) atoms. The van der Waals surface area contributed by atoms with Crippen molar-refractivity contribution in [2.45, 2.75) is 16.4 Å². The molecule has 0 amide bonds. The Bertz CT molecular complexity index is 1480. The molecular weight excluding hydrogens is 438 g/mol. The molecule has 160 valence electrons. The number of sulfone groups is 1. The average Bonchev–Trinajstić information content (AvgIpc) is 3.16. The van der Waals surface area contributed by atoms with Gasteiger partial charge in [0.05, 0.1) is 22.7 Å². The van der Waals surface area contributed by atoms with Gasteiger partial charge in [0.25, 0.3) is 10.0 Å². The standard InChI is InChI=1S/C21H19N3O5S2/c1-30(26,27)19-4-2-3-5-20(19)31(28,29)24-16-10-11-18-17(12-16)21(23-22-18)15-8-6-14(13-25)7-9-15/h2-12,24-25H,13H2,1H3,(H,22,23). The van der Waals surface area contributed by atoms with E-state index in [4.69, 9.17) is 0 Å². The molecule has 0 radical (unpaired) electrons. The molecule has 1 heterocycles. The second kappa shape index (κ2) is 7.80. The van der Waals surface area contributed by atoms with Crippen LogP contribution in [0.5, 0.6) is 0 Å². The molecule has 0 aliphatic carbocycles. The minimum Gasteiger partial charge on any atom is -0.392 e. The Labute approximate surface area is 179 Å². The quantitative estimate of drug-likeness (QED) is 0.408. The number of aliphatic hydroxyl groups excluding tert-OH is 1. The largest absolute Gasteiger partial charge is 0.392 e. The molecule has 3 N–H and O–H groups in total. The highest BCUT2D eigenvalue weighted by Crippen LogP contribution is 2.30. The molecule has 3 aromatic carbocycles. The Hall–Kier alpha value is -3.21. The fourth-order valence-electron chi connectivity index (χ4n) is 3.25. The van der Waals surface area contributed by atoms with Crippen molar-refractivity contribution in [1.29, 1.82) is 0 Å². The molecule has 10 heteroatoms. The van der Waals surface area contributed by atoms with E-state index in [-0.39, 0.29) is 22.1 Å². The number of H-pyrrole nitrogens is 1. The maximum Gasteiger partial charge on any atom is 0.263 e. The van der Waals surface area contributed by atoms with Gasteiger partial charge in [-0.3, -0.25) is 9.82 Å². The molecular formula is C21H19N3O5S2. The number of benzene rings is 3. The molecule has 4 rings (SSSR count). The van der Waals surface area contributed by atoms with Crippen LogP contribution in [-0.4, -0.2) is 38.4 Å². The molecule has 4 aromatic rings. The third-order valence-corrected chi connectivity index (χ3v) is 7.49. The third kappa shape index (κ3) is 4.18. The lowest BCUT2D eigenvalue weighted by atomic mass is 10.1. The lowest BCUT2D eigenvalue weighted by Crippen LogP contribution is -2.16. The molecule has 0 saturated carbocycles. The van der Waals surface area contributed by atoms with Crippen LogP contribution in [0.2, 0.25) is 0 Å². The van der Waals surface area contributed by atoms with Crippen molar-refractivity contribution in [1.82, 2.24) is 10.2 Å². The highest BCUT2D eigenvalue weighted by Gasteiger charge is 2.24. The van der Waals surface area contributed by atoms with Gasteiger partial charge in [-0.25, -0.2) is 16.8 Å². The summed E-state index contributed by atoms with van der Waals surface area (Å²) in [6.07, 6.45) is 0.965. The Morgan fingerprint density at radius 2 is 1.61 bits per heavy atom. The number of fused-ring (bicyclic) bond motifs is 1. The van der Waals surface area contributed by atoms with Gasteiger partial charge in [0.15, 0.2) is 9.84 Å². The van der Waals surface area contributed by atoms with Gasteiger partial charge in [-0.2, -0.15) is 5.10 Å². The van der Waals surface area contributed by atoms with E-state index in [0.717, 1.165) is 17.4 Å². The first kappa shape index (κ1) is 21.0. The number of rotatable bonds is 6. The zero-order valence-corrected chi connectivity index (χ0v) is 18.0. The summed E-state index contributed by atoms with van der Waals surface area (Å²) in [5.41, 5.74) is 3.16. The highest BCUT2D eigenvalue weighted by atomic mass is 32.2. The van der Waals surface area contributed by atoms with Crippen molar-refractivity contribution in [3.63, 3.8) is 0 Å². The van der Waals surface area contributed by atoms with Gasteiger partial charge >= 0.3 is 0 Å². The van der Waals surface area contributed by atoms with Crippen LogP contribution in [0.1, 0.15) is 5.56 Å². The first-order chi connectivity index (χ1) is 14.7. The van der Waals surface area contributed by atoms with E-state index in [1.807, 2.05) is 12.1 Å². The summed E-state index contributed by atoms with van der Waals surface area (Å²) in [4.78, 5) is -0.582. The number of aromatic amines is 1. The maximum absolute atomic E-state index is 12.9. The van der Waals surface area contributed by atoms with Crippen LogP contribution in [0.3, 0.4) is 0 Å². The number of aliphatic hydroxyl groups is 1. The molecule has 0 unspecified atom stereocenters. The number of nitrogens with one attached hydrogen (secondary N) is 2. The molecule has 0 aliphatic heterocycles. The van der Waals surface area contributed by atoms with Crippen molar-refractivity contribution in [2.75, 3.05) is 11.0 Å². The predicted molar refractivity (Wildman–Crippen MR) is 118 cm³/mol. The second-order valence-electron chi connectivity index (χ2n) is 7.01. The van der Waals surface area contributed by atoms with Crippen molar-refractivity contribution in [3.8, 4) is 11.3 Å². The molecule has 0 aliphatic rings. The van der Waals surface area contributed by atoms with Gasteiger partial charge in [-0.15, -0.1) is 0 Å². The van der Waals surface area contributed by atoms with E-state index in [0.29, 0.717) is 16.6 Å². The van der Waals surface area contributed by atoms with Crippen molar-refractivity contribution in [2.24, 2.45) is 0 Å². The lowest BCUT2D eigenvalue weighted by Gasteiger charge is -2.11. The SMILES string of the molecule is CS(=O)(=O)c1ccccc1S(=O)(=O)Nc1ccc2[nH]nc(-c3ccc(CO)cc3)c2c1. The van der Waals surface area contributed by atoms with E-state index >= 15 is 0 Å². The van der Waals surface area contributed by atoms with Crippen molar-refractivity contribution < 1.29 is 21.9 Å². The smallest absolute Gasteiger partial charge is 0.263 e.